The van der Waals surface area contributed by atoms with Gasteiger partial charge in [-0.3, -0.25) is 4.57 Å². The smallest absolute Gasteiger partial charge is 0.172 e. The Labute approximate surface area is 184 Å². The Morgan fingerprint density at radius 3 is 2.55 bits per heavy atom. The number of nitrogens with one attached hydrogen (secondary N) is 1. The fraction of sp³-hybridized carbons (Fsp3) is 0.476. The maximum absolute atomic E-state index is 10.3. The van der Waals surface area contributed by atoms with Crippen LogP contribution in [0.2, 0.25) is 0 Å². The topological polar surface area (TPSA) is 109 Å². The summed E-state index contributed by atoms with van der Waals surface area (Å²) in [5, 5.41) is 23.1. The lowest BCUT2D eigenvalue weighted by Crippen LogP contribution is -2.39. The third-order valence-corrected chi connectivity index (χ3v) is 7.21. The Balaban J connectivity index is 1.26. The zero-order chi connectivity index (χ0) is 21.4. The third kappa shape index (κ3) is 4.13. The number of piperidine rings is 1. The highest BCUT2D eigenvalue weighted by atomic mass is 32.2. The number of hydrogen-bond acceptors (Lipinski definition) is 9. The van der Waals surface area contributed by atoms with Crippen molar-refractivity contribution in [3.05, 3.63) is 43.0 Å². The first-order valence-corrected chi connectivity index (χ1v) is 11.4. The quantitative estimate of drug-likeness (QED) is 0.547. The SMILES string of the molecule is C[C@H]1O[C@@H](n2cnc3c(NN4CCC(Sc5ccccc5)CC4)ncnc32)C(O)C1O. The number of nitrogens with zero attached hydrogens (tertiary/aromatic N) is 5. The van der Waals surface area contributed by atoms with Crippen LogP contribution < -0.4 is 5.43 Å². The number of aliphatic hydroxyl groups is 2. The van der Waals surface area contributed by atoms with Crippen molar-refractivity contribution in [2.24, 2.45) is 0 Å². The Kier molecular flexibility index (Phi) is 5.81. The number of thioether (sulfide) groups is 1. The van der Waals surface area contributed by atoms with Crippen molar-refractivity contribution in [3.8, 4) is 0 Å². The molecule has 0 radical (unpaired) electrons. The fourth-order valence-electron chi connectivity index (χ4n) is 4.10. The molecule has 9 nitrogen and oxygen atoms in total. The van der Waals surface area contributed by atoms with Crippen LogP contribution in [0.1, 0.15) is 26.0 Å². The molecule has 2 unspecified atom stereocenters. The molecule has 3 N–H and O–H groups in total. The first kappa shape index (κ1) is 20.7. The molecule has 1 aromatic carbocycles. The van der Waals surface area contributed by atoms with Gasteiger partial charge in [-0.1, -0.05) is 18.2 Å². The van der Waals surface area contributed by atoms with Crippen molar-refractivity contribution >= 4 is 28.7 Å². The van der Waals surface area contributed by atoms with Gasteiger partial charge >= 0.3 is 0 Å². The lowest BCUT2D eigenvalue weighted by molar-refractivity contribution is -0.0299. The molecule has 2 aliphatic heterocycles. The minimum atomic E-state index is -1.04. The lowest BCUT2D eigenvalue weighted by atomic mass is 10.1. The molecule has 0 saturated carbocycles. The van der Waals surface area contributed by atoms with E-state index in [-0.39, 0.29) is 0 Å². The highest BCUT2D eigenvalue weighted by molar-refractivity contribution is 8.00. The number of aliphatic hydroxyl groups excluding tert-OH is 2. The molecule has 31 heavy (non-hydrogen) atoms. The van der Waals surface area contributed by atoms with Crippen LogP contribution in [0.15, 0.2) is 47.9 Å². The molecule has 4 heterocycles. The summed E-state index contributed by atoms with van der Waals surface area (Å²) in [5.74, 6) is 0.624. The molecule has 10 heteroatoms. The van der Waals surface area contributed by atoms with E-state index >= 15 is 0 Å². The average molecular weight is 443 g/mol. The van der Waals surface area contributed by atoms with E-state index in [1.807, 2.05) is 17.8 Å². The van der Waals surface area contributed by atoms with E-state index in [0.717, 1.165) is 25.9 Å². The summed E-state index contributed by atoms with van der Waals surface area (Å²) in [6.45, 7) is 3.55. The standard InChI is InChI=1S/C21H26N6O3S/c1-13-17(28)18(29)21(30-13)27-12-24-16-19(22-11-23-20(16)27)25-26-9-7-15(8-10-26)31-14-5-3-2-4-6-14/h2-6,11-13,15,17-18,21,28-29H,7-10H2,1H3,(H,22,23,25)/t13-,17?,18?,21-/m1/s1. The van der Waals surface area contributed by atoms with Crippen LogP contribution in [-0.4, -0.2) is 71.4 Å². The number of fused-ring (bicyclic) bond motifs is 1. The second-order valence-corrected chi connectivity index (χ2v) is 9.36. The minimum Gasteiger partial charge on any atom is -0.388 e. The summed E-state index contributed by atoms with van der Waals surface area (Å²) < 4.78 is 7.37. The van der Waals surface area contributed by atoms with Crippen LogP contribution in [0.25, 0.3) is 11.2 Å². The molecule has 5 rings (SSSR count). The van der Waals surface area contributed by atoms with Crippen LogP contribution in [0.3, 0.4) is 0 Å². The zero-order valence-corrected chi connectivity index (χ0v) is 18.0. The first-order chi connectivity index (χ1) is 15.1. The van der Waals surface area contributed by atoms with Crippen molar-refractivity contribution < 1.29 is 14.9 Å². The summed E-state index contributed by atoms with van der Waals surface area (Å²) in [4.78, 5) is 14.5. The van der Waals surface area contributed by atoms with Gasteiger partial charge < -0.3 is 20.4 Å². The number of aromatic nitrogens is 4. The molecular formula is C21H26N6O3S. The van der Waals surface area contributed by atoms with Crippen LogP contribution in [0.5, 0.6) is 0 Å². The Morgan fingerprint density at radius 1 is 1.06 bits per heavy atom. The molecule has 0 spiro atoms. The van der Waals surface area contributed by atoms with Crippen molar-refractivity contribution in [1.82, 2.24) is 24.5 Å². The molecule has 0 aliphatic carbocycles. The molecule has 2 saturated heterocycles. The van der Waals surface area contributed by atoms with Crippen molar-refractivity contribution in [2.45, 2.75) is 54.5 Å². The molecule has 4 atom stereocenters. The molecule has 0 amide bonds. The monoisotopic (exact) mass is 442 g/mol. The predicted molar refractivity (Wildman–Crippen MR) is 117 cm³/mol. The Bertz CT molecular complexity index is 1030. The van der Waals surface area contributed by atoms with Crippen molar-refractivity contribution in [3.63, 3.8) is 0 Å². The molecule has 2 aliphatic rings. The molecule has 2 fully saturated rings. The van der Waals surface area contributed by atoms with Gasteiger partial charge in [0.25, 0.3) is 0 Å². The van der Waals surface area contributed by atoms with Crippen LogP contribution in [-0.2, 0) is 4.74 Å². The molecule has 0 bridgehead atoms. The number of benzene rings is 1. The number of anilines is 1. The van der Waals surface area contributed by atoms with E-state index in [0.29, 0.717) is 22.2 Å². The second-order valence-electron chi connectivity index (χ2n) is 7.99. The van der Waals surface area contributed by atoms with Gasteiger partial charge in [0.2, 0.25) is 0 Å². The van der Waals surface area contributed by atoms with E-state index < -0.39 is 24.5 Å². The van der Waals surface area contributed by atoms with E-state index in [4.69, 9.17) is 4.74 Å². The lowest BCUT2D eigenvalue weighted by Gasteiger charge is -2.32. The number of imidazole rings is 1. The van der Waals surface area contributed by atoms with E-state index in [9.17, 15) is 10.2 Å². The number of ether oxygens (including phenoxy) is 1. The van der Waals surface area contributed by atoms with Gasteiger partial charge in [0.05, 0.1) is 12.4 Å². The van der Waals surface area contributed by atoms with E-state index in [1.54, 1.807) is 17.8 Å². The van der Waals surface area contributed by atoms with Crippen LogP contribution in [0, 0.1) is 0 Å². The van der Waals surface area contributed by atoms with Gasteiger partial charge in [-0.25, -0.2) is 20.0 Å². The maximum atomic E-state index is 10.3. The first-order valence-electron chi connectivity index (χ1n) is 10.5. The van der Waals surface area contributed by atoms with Crippen LogP contribution in [0.4, 0.5) is 5.82 Å². The normalized spacial score (nSPS) is 27.7. The molecule has 2 aromatic heterocycles. The molecule has 3 aromatic rings. The second kappa shape index (κ2) is 8.71. The van der Waals surface area contributed by atoms with Crippen molar-refractivity contribution in [1.29, 1.82) is 0 Å². The number of hydrazine groups is 1. The van der Waals surface area contributed by atoms with Crippen molar-refractivity contribution in [2.75, 3.05) is 18.5 Å². The fourth-order valence-corrected chi connectivity index (χ4v) is 5.25. The van der Waals surface area contributed by atoms with Gasteiger partial charge in [0.15, 0.2) is 23.2 Å². The summed E-state index contributed by atoms with van der Waals surface area (Å²) in [7, 11) is 0. The average Bonchev–Trinajstić information content (AvgIpc) is 3.33. The van der Waals surface area contributed by atoms with Gasteiger partial charge in [-0.15, -0.1) is 11.8 Å². The molecule has 164 valence electrons. The van der Waals surface area contributed by atoms with E-state index in [1.165, 1.54) is 11.2 Å². The Hall–Kier alpha value is -2.24. The zero-order valence-electron chi connectivity index (χ0n) is 17.2. The maximum Gasteiger partial charge on any atom is 0.172 e. The number of hydrogen-bond donors (Lipinski definition) is 3. The summed E-state index contributed by atoms with van der Waals surface area (Å²) in [5.41, 5.74) is 4.54. The third-order valence-electron chi connectivity index (χ3n) is 5.86. The predicted octanol–water partition coefficient (Wildman–Crippen LogP) is 2.05. The van der Waals surface area contributed by atoms with Gasteiger partial charge in [-0.2, -0.15) is 0 Å². The minimum absolute atomic E-state index is 0.466. The number of rotatable bonds is 5. The highest BCUT2D eigenvalue weighted by Crippen LogP contribution is 2.33. The van der Waals surface area contributed by atoms with Gasteiger partial charge in [-0.05, 0) is 31.9 Å². The van der Waals surface area contributed by atoms with E-state index in [2.05, 4.69) is 49.7 Å². The van der Waals surface area contributed by atoms with Crippen LogP contribution >= 0.6 is 11.8 Å². The van der Waals surface area contributed by atoms with Gasteiger partial charge in [0.1, 0.15) is 18.5 Å². The summed E-state index contributed by atoms with van der Waals surface area (Å²) in [6.07, 6.45) is 2.01. The Morgan fingerprint density at radius 2 is 1.84 bits per heavy atom. The summed E-state index contributed by atoms with van der Waals surface area (Å²) in [6, 6.07) is 10.5. The molecular weight excluding hydrogens is 416 g/mol. The summed E-state index contributed by atoms with van der Waals surface area (Å²) >= 11 is 1.94. The highest BCUT2D eigenvalue weighted by Gasteiger charge is 2.42. The largest absolute Gasteiger partial charge is 0.388 e. The van der Waals surface area contributed by atoms with Gasteiger partial charge in [0, 0.05) is 23.2 Å².